The number of ether oxygens (including phenoxy) is 1. The topological polar surface area (TPSA) is 85.1 Å². The molecule has 7 nitrogen and oxygen atoms in total. The van der Waals surface area contributed by atoms with Gasteiger partial charge in [-0.1, -0.05) is 12.1 Å². The average molecular weight is 277 g/mol. The van der Waals surface area contributed by atoms with Crippen molar-refractivity contribution in [2.45, 2.75) is 26.8 Å². The van der Waals surface area contributed by atoms with Crippen LogP contribution in [-0.2, 0) is 6.54 Å². The summed E-state index contributed by atoms with van der Waals surface area (Å²) >= 11 is 0. The predicted octanol–water partition coefficient (Wildman–Crippen LogP) is 2.22. The predicted molar refractivity (Wildman–Crippen MR) is 75.9 cm³/mol. The van der Waals surface area contributed by atoms with Crippen molar-refractivity contribution in [1.82, 2.24) is 15.1 Å². The van der Waals surface area contributed by atoms with Gasteiger partial charge < -0.3 is 19.9 Å². The van der Waals surface area contributed by atoms with E-state index in [9.17, 15) is 0 Å². The fourth-order valence-electron chi connectivity index (χ4n) is 1.74. The number of aromatic nitrogens is 3. The molecule has 0 amide bonds. The standard InChI is InChI=1S/C13H19N5O2/c1-4-5-14-12-11(19-3)13(17-8-16-12)15-7-10-6-9(2)20-18-10/h6,8H,4-5,7H2,1-3H3,(H2,14,15,16,17). The van der Waals surface area contributed by atoms with Crippen LogP contribution in [0.15, 0.2) is 16.9 Å². The second-order valence-corrected chi connectivity index (χ2v) is 4.31. The molecule has 20 heavy (non-hydrogen) atoms. The zero-order valence-electron chi connectivity index (χ0n) is 11.9. The quantitative estimate of drug-likeness (QED) is 0.802. The Morgan fingerprint density at radius 1 is 1.25 bits per heavy atom. The molecule has 0 saturated carbocycles. The minimum absolute atomic E-state index is 0.512. The maximum atomic E-state index is 5.37. The lowest BCUT2D eigenvalue weighted by Gasteiger charge is -2.13. The van der Waals surface area contributed by atoms with Crippen molar-refractivity contribution in [3.05, 3.63) is 23.8 Å². The van der Waals surface area contributed by atoms with Crippen molar-refractivity contribution in [2.75, 3.05) is 24.3 Å². The molecular formula is C13H19N5O2. The number of aryl methyl sites for hydroxylation is 1. The van der Waals surface area contributed by atoms with E-state index in [-0.39, 0.29) is 0 Å². The minimum Gasteiger partial charge on any atom is -0.490 e. The number of rotatable bonds is 7. The van der Waals surface area contributed by atoms with Crippen molar-refractivity contribution in [3.8, 4) is 5.75 Å². The number of nitrogens with one attached hydrogen (secondary N) is 2. The first kappa shape index (κ1) is 14.1. The maximum Gasteiger partial charge on any atom is 0.204 e. The first-order valence-corrected chi connectivity index (χ1v) is 6.53. The summed E-state index contributed by atoms with van der Waals surface area (Å²) in [5.41, 5.74) is 0.811. The molecule has 108 valence electrons. The summed E-state index contributed by atoms with van der Waals surface area (Å²) in [4.78, 5) is 8.38. The highest BCUT2D eigenvalue weighted by Gasteiger charge is 2.12. The molecule has 0 aliphatic carbocycles. The van der Waals surface area contributed by atoms with Gasteiger partial charge in [0.1, 0.15) is 17.8 Å². The number of hydrogen-bond donors (Lipinski definition) is 2. The third kappa shape index (κ3) is 3.37. The van der Waals surface area contributed by atoms with Gasteiger partial charge in [-0.05, 0) is 13.3 Å². The van der Waals surface area contributed by atoms with Crippen LogP contribution >= 0.6 is 0 Å². The highest BCUT2D eigenvalue weighted by Crippen LogP contribution is 2.29. The van der Waals surface area contributed by atoms with Gasteiger partial charge in [-0.2, -0.15) is 0 Å². The Hall–Kier alpha value is -2.31. The Balaban J connectivity index is 2.10. The van der Waals surface area contributed by atoms with Gasteiger partial charge >= 0.3 is 0 Å². The van der Waals surface area contributed by atoms with Crippen molar-refractivity contribution in [1.29, 1.82) is 0 Å². The number of anilines is 2. The summed E-state index contributed by atoms with van der Waals surface area (Å²) in [6, 6.07) is 1.87. The Morgan fingerprint density at radius 2 is 2.00 bits per heavy atom. The Morgan fingerprint density at radius 3 is 2.60 bits per heavy atom. The Labute approximate surface area is 117 Å². The van der Waals surface area contributed by atoms with Gasteiger partial charge in [0.15, 0.2) is 11.6 Å². The highest BCUT2D eigenvalue weighted by molar-refractivity contribution is 5.63. The lowest BCUT2D eigenvalue weighted by atomic mass is 10.3. The molecule has 2 aromatic rings. The molecule has 0 fully saturated rings. The summed E-state index contributed by atoms with van der Waals surface area (Å²) in [6.45, 7) is 5.29. The summed E-state index contributed by atoms with van der Waals surface area (Å²) in [5, 5.41) is 10.3. The van der Waals surface area contributed by atoms with Crippen LogP contribution < -0.4 is 15.4 Å². The lowest BCUT2D eigenvalue weighted by molar-refractivity contribution is 0.391. The minimum atomic E-state index is 0.512. The molecule has 0 aliphatic heterocycles. The van der Waals surface area contributed by atoms with Gasteiger partial charge in [0, 0.05) is 12.6 Å². The van der Waals surface area contributed by atoms with Crippen LogP contribution in [0.2, 0.25) is 0 Å². The number of methoxy groups -OCH3 is 1. The van der Waals surface area contributed by atoms with Gasteiger partial charge in [0.2, 0.25) is 5.75 Å². The third-order valence-electron chi connectivity index (χ3n) is 2.66. The molecule has 7 heteroatoms. The van der Waals surface area contributed by atoms with E-state index in [4.69, 9.17) is 9.26 Å². The van der Waals surface area contributed by atoms with Crippen LogP contribution in [0.1, 0.15) is 24.8 Å². The fourth-order valence-corrected chi connectivity index (χ4v) is 1.74. The zero-order valence-corrected chi connectivity index (χ0v) is 11.9. The molecule has 0 unspecified atom stereocenters. The van der Waals surface area contributed by atoms with Gasteiger partial charge in [-0.25, -0.2) is 9.97 Å². The summed E-state index contributed by atoms with van der Waals surface area (Å²) in [5.74, 6) is 2.69. The van der Waals surface area contributed by atoms with Gasteiger partial charge in [-0.15, -0.1) is 0 Å². The summed E-state index contributed by atoms with van der Waals surface area (Å²) in [7, 11) is 1.60. The zero-order chi connectivity index (χ0) is 14.4. The van der Waals surface area contributed by atoms with E-state index in [2.05, 4.69) is 32.7 Å². The molecule has 0 bridgehead atoms. The molecular weight excluding hydrogens is 258 g/mol. The van der Waals surface area contributed by atoms with Crippen LogP contribution in [0.5, 0.6) is 5.75 Å². The van der Waals surface area contributed by atoms with Gasteiger partial charge in [-0.3, -0.25) is 0 Å². The first-order chi connectivity index (χ1) is 9.74. The van der Waals surface area contributed by atoms with E-state index in [1.807, 2.05) is 13.0 Å². The van der Waals surface area contributed by atoms with E-state index < -0.39 is 0 Å². The van der Waals surface area contributed by atoms with Crippen molar-refractivity contribution in [2.24, 2.45) is 0 Å². The number of hydrogen-bond acceptors (Lipinski definition) is 7. The van der Waals surface area contributed by atoms with Crippen LogP contribution in [0.3, 0.4) is 0 Å². The number of nitrogens with zero attached hydrogens (tertiary/aromatic N) is 3. The van der Waals surface area contributed by atoms with Crippen molar-refractivity contribution < 1.29 is 9.26 Å². The van der Waals surface area contributed by atoms with E-state index in [0.717, 1.165) is 24.4 Å². The molecule has 0 spiro atoms. The van der Waals surface area contributed by atoms with Crippen LogP contribution in [0.25, 0.3) is 0 Å². The van der Waals surface area contributed by atoms with Crippen LogP contribution in [-0.4, -0.2) is 28.8 Å². The summed E-state index contributed by atoms with van der Waals surface area (Å²) in [6.07, 6.45) is 2.50. The Bertz CT molecular complexity index is 555. The molecule has 0 aromatic carbocycles. The molecule has 0 radical (unpaired) electrons. The van der Waals surface area contributed by atoms with E-state index in [1.165, 1.54) is 6.33 Å². The molecule has 2 aromatic heterocycles. The molecule has 0 saturated heterocycles. The van der Waals surface area contributed by atoms with Gasteiger partial charge in [0.25, 0.3) is 0 Å². The average Bonchev–Trinajstić information content (AvgIpc) is 2.88. The maximum absolute atomic E-state index is 5.37. The molecule has 2 rings (SSSR count). The largest absolute Gasteiger partial charge is 0.490 e. The third-order valence-corrected chi connectivity index (χ3v) is 2.66. The molecule has 2 heterocycles. The van der Waals surface area contributed by atoms with Crippen molar-refractivity contribution >= 4 is 11.6 Å². The second kappa shape index (κ2) is 6.74. The van der Waals surface area contributed by atoms with E-state index in [1.54, 1.807) is 7.11 Å². The Kier molecular flexibility index (Phi) is 4.75. The van der Waals surface area contributed by atoms with E-state index >= 15 is 0 Å². The van der Waals surface area contributed by atoms with Crippen LogP contribution in [0, 0.1) is 6.92 Å². The van der Waals surface area contributed by atoms with Crippen molar-refractivity contribution in [3.63, 3.8) is 0 Å². The SMILES string of the molecule is CCCNc1ncnc(NCc2cc(C)on2)c1OC. The lowest BCUT2D eigenvalue weighted by Crippen LogP contribution is -2.09. The highest BCUT2D eigenvalue weighted by atomic mass is 16.5. The first-order valence-electron chi connectivity index (χ1n) is 6.53. The second-order valence-electron chi connectivity index (χ2n) is 4.31. The smallest absolute Gasteiger partial charge is 0.204 e. The van der Waals surface area contributed by atoms with E-state index in [0.29, 0.717) is 23.9 Å². The summed E-state index contributed by atoms with van der Waals surface area (Å²) < 4.78 is 10.4. The normalized spacial score (nSPS) is 10.3. The fraction of sp³-hybridized carbons (Fsp3) is 0.462. The molecule has 0 aliphatic rings. The molecule has 0 atom stereocenters. The van der Waals surface area contributed by atoms with Crippen LogP contribution in [0.4, 0.5) is 11.6 Å². The molecule has 2 N–H and O–H groups in total. The monoisotopic (exact) mass is 277 g/mol. The van der Waals surface area contributed by atoms with Gasteiger partial charge in [0.05, 0.1) is 13.7 Å².